The molecule has 1 atom stereocenters. The van der Waals surface area contributed by atoms with E-state index in [0.717, 1.165) is 13.1 Å². The van der Waals surface area contributed by atoms with Gasteiger partial charge in [-0.05, 0) is 37.4 Å². The zero-order valence-electron chi connectivity index (χ0n) is 10.7. The summed E-state index contributed by atoms with van der Waals surface area (Å²) in [6.45, 7) is 2.98. The Bertz CT molecular complexity index is 356. The van der Waals surface area contributed by atoms with Crippen molar-refractivity contribution in [2.45, 2.75) is 18.9 Å². The number of rotatable bonds is 5. The van der Waals surface area contributed by atoms with Crippen molar-refractivity contribution in [1.29, 1.82) is 0 Å². The molecule has 0 bridgehead atoms. The van der Waals surface area contributed by atoms with Gasteiger partial charge in [0.2, 0.25) is 5.91 Å². The van der Waals surface area contributed by atoms with Crippen LogP contribution < -0.4 is 11.1 Å². The van der Waals surface area contributed by atoms with Gasteiger partial charge in [0.1, 0.15) is 0 Å². The van der Waals surface area contributed by atoms with Crippen LogP contribution in [0.2, 0.25) is 0 Å². The molecule has 1 amide bonds. The summed E-state index contributed by atoms with van der Waals surface area (Å²) in [7, 11) is 0. The molecule has 0 saturated carbocycles. The molecule has 0 radical (unpaired) electrons. The minimum atomic E-state index is -0.0780. The predicted octanol–water partition coefficient (Wildman–Crippen LogP) is 1.80. The zero-order chi connectivity index (χ0) is 12.1. The summed E-state index contributed by atoms with van der Waals surface area (Å²) in [5.41, 5.74) is 5.31. The molecule has 1 fully saturated rings. The minimum Gasteiger partial charge on any atom is -0.353 e. The van der Waals surface area contributed by atoms with E-state index in [1.54, 1.807) is 11.3 Å². The molecule has 2 rings (SSSR count). The fraction of sp³-hybridized carbons (Fsp3) is 0.583. The smallest absolute Gasteiger partial charge is 0.233 e. The first-order chi connectivity index (χ1) is 8.31. The van der Waals surface area contributed by atoms with Gasteiger partial charge in [-0.25, -0.2) is 0 Å². The summed E-state index contributed by atoms with van der Waals surface area (Å²) in [4.78, 5) is 15.0. The number of carbonyl (C=O) groups is 1. The molecule has 1 aromatic rings. The van der Waals surface area contributed by atoms with Crippen LogP contribution in [0.15, 0.2) is 17.5 Å². The number of carbonyl (C=O) groups excluding carboxylic acids is 1. The third-order valence-electron chi connectivity index (χ3n) is 3.13. The van der Waals surface area contributed by atoms with Crippen LogP contribution in [-0.2, 0) is 4.79 Å². The van der Waals surface area contributed by atoms with Crippen molar-refractivity contribution in [3.05, 3.63) is 22.4 Å². The van der Waals surface area contributed by atoms with E-state index in [0.29, 0.717) is 12.6 Å². The third-order valence-corrected chi connectivity index (χ3v) is 4.10. The van der Waals surface area contributed by atoms with E-state index in [4.69, 9.17) is 5.73 Å². The first-order valence-electron chi connectivity index (χ1n) is 6.05. The SMILES string of the molecule is Cl.Cl.NCC(=O)NCC(c1cccs1)N1CCCC1. The maximum atomic E-state index is 11.2. The largest absolute Gasteiger partial charge is 0.353 e. The van der Waals surface area contributed by atoms with Crippen molar-refractivity contribution in [2.24, 2.45) is 5.73 Å². The van der Waals surface area contributed by atoms with Gasteiger partial charge in [-0.3, -0.25) is 9.69 Å². The lowest BCUT2D eigenvalue weighted by Crippen LogP contribution is -2.38. The molecule has 1 saturated heterocycles. The number of hydrogen-bond acceptors (Lipinski definition) is 4. The van der Waals surface area contributed by atoms with Gasteiger partial charge in [0.15, 0.2) is 0 Å². The fourth-order valence-electron chi connectivity index (χ4n) is 2.23. The molecule has 0 aromatic carbocycles. The molecule has 7 heteroatoms. The van der Waals surface area contributed by atoms with Gasteiger partial charge in [0.25, 0.3) is 0 Å². The molecule has 19 heavy (non-hydrogen) atoms. The van der Waals surface area contributed by atoms with Crippen LogP contribution in [0.5, 0.6) is 0 Å². The zero-order valence-corrected chi connectivity index (χ0v) is 13.2. The maximum Gasteiger partial charge on any atom is 0.233 e. The normalized spacial score (nSPS) is 16.3. The van der Waals surface area contributed by atoms with Crippen molar-refractivity contribution in [1.82, 2.24) is 10.2 Å². The molecular weight excluding hydrogens is 305 g/mol. The van der Waals surface area contributed by atoms with Crippen LogP contribution in [-0.4, -0.2) is 37.0 Å². The topological polar surface area (TPSA) is 58.4 Å². The van der Waals surface area contributed by atoms with Gasteiger partial charge in [0, 0.05) is 11.4 Å². The Morgan fingerprint density at radius 1 is 1.42 bits per heavy atom. The number of nitrogens with zero attached hydrogens (tertiary/aromatic N) is 1. The van der Waals surface area contributed by atoms with Gasteiger partial charge < -0.3 is 11.1 Å². The van der Waals surface area contributed by atoms with Crippen molar-refractivity contribution in [3.8, 4) is 0 Å². The number of likely N-dealkylation sites (tertiary alicyclic amines) is 1. The van der Waals surface area contributed by atoms with Gasteiger partial charge >= 0.3 is 0 Å². The monoisotopic (exact) mass is 325 g/mol. The maximum absolute atomic E-state index is 11.2. The number of hydrogen-bond donors (Lipinski definition) is 2. The highest BCUT2D eigenvalue weighted by Gasteiger charge is 2.24. The van der Waals surface area contributed by atoms with Crippen molar-refractivity contribution in [3.63, 3.8) is 0 Å². The second kappa shape index (κ2) is 9.55. The molecule has 1 aliphatic rings. The Hall–Kier alpha value is -0.330. The van der Waals surface area contributed by atoms with E-state index in [1.165, 1.54) is 17.7 Å². The lowest BCUT2D eigenvalue weighted by atomic mass is 10.2. The van der Waals surface area contributed by atoms with Gasteiger partial charge in [-0.15, -0.1) is 36.2 Å². The summed E-state index contributed by atoms with van der Waals surface area (Å²) >= 11 is 1.75. The Balaban J connectivity index is 0.00000162. The molecule has 3 N–H and O–H groups in total. The average Bonchev–Trinajstić information content (AvgIpc) is 3.01. The molecule has 1 aliphatic heterocycles. The van der Waals surface area contributed by atoms with Gasteiger partial charge in [-0.1, -0.05) is 6.07 Å². The Morgan fingerprint density at radius 2 is 2.11 bits per heavy atom. The van der Waals surface area contributed by atoms with Crippen LogP contribution in [0, 0.1) is 0 Å². The van der Waals surface area contributed by atoms with Crippen LogP contribution >= 0.6 is 36.2 Å². The van der Waals surface area contributed by atoms with E-state index in [9.17, 15) is 4.79 Å². The predicted molar refractivity (Wildman–Crippen MR) is 84.4 cm³/mol. The van der Waals surface area contributed by atoms with Crippen LogP contribution in [0.3, 0.4) is 0 Å². The highest BCUT2D eigenvalue weighted by atomic mass is 35.5. The summed E-state index contributed by atoms with van der Waals surface area (Å²) in [5.74, 6) is -0.0780. The van der Waals surface area contributed by atoms with E-state index >= 15 is 0 Å². The van der Waals surface area contributed by atoms with Crippen molar-refractivity contribution < 1.29 is 4.79 Å². The fourth-order valence-corrected chi connectivity index (χ4v) is 3.09. The Kier molecular flexibility index (Phi) is 9.39. The Morgan fingerprint density at radius 3 is 2.63 bits per heavy atom. The molecule has 1 unspecified atom stereocenters. The number of thiophene rings is 1. The number of halogens is 2. The highest BCUT2D eigenvalue weighted by molar-refractivity contribution is 7.10. The van der Waals surface area contributed by atoms with Crippen molar-refractivity contribution in [2.75, 3.05) is 26.2 Å². The second-order valence-corrected chi connectivity index (χ2v) is 5.26. The number of nitrogens with one attached hydrogen (secondary N) is 1. The van der Waals surface area contributed by atoms with Gasteiger partial charge in [0.05, 0.1) is 12.6 Å². The van der Waals surface area contributed by atoms with E-state index in [2.05, 4.69) is 27.7 Å². The molecule has 110 valence electrons. The quantitative estimate of drug-likeness (QED) is 0.867. The average molecular weight is 326 g/mol. The molecule has 0 spiro atoms. The summed E-state index contributed by atoms with van der Waals surface area (Å²) in [6, 6.07) is 4.52. The van der Waals surface area contributed by atoms with Gasteiger partial charge in [-0.2, -0.15) is 0 Å². The summed E-state index contributed by atoms with van der Waals surface area (Å²) < 4.78 is 0. The van der Waals surface area contributed by atoms with E-state index < -0.39 is 0 Å². The standard InChI is InChI=1S/C12H19N3OS.2ClH/c13-8-12(16)14-9-10(11-4-3-7-17-11)15-5-1-2-6-15;;/h3-4,7,10H,1-2,5-6,8-9,13H2,(H,14,16);2*1H. The van der Waals surface area contributed by atoms with E-state index in [1.807, 2.05) is 0 Å². The first kappa shape index (κ1) is 18.7. The molecular formula is C12H21Cl2N3OS. The summed E-state index contributed by atoms with van der Waals surface area (Å²) in [5, 5.41) is 4.99. The molecule has 0 aliphatic carbocycles. The highest BCUT2D eigenvalue weighted by Crippen LogP contribution is 2.27. The number of amides is 1. The first-order valence-corrected chi connectivity index (χ1v) is 6.93. The second-order valence-electron chi connectivity index (χ2n) is 4.28. The van der Waals surface area contributed by atoms with Crippen LogP contribution in [0.1, 0.15) is 23.8 Å². The summed E-state index contributed by atoms with van der Waals surface area (Å²) in [6.07, 6.45) is 2.51. The third kappa shape index (κ3) is 5.28. The lowest BCUT2D eigenvalue weighted by Gasteiger charge is -2.26. The number of nitrogens with two attached hydrogens (primary N) is 1. The van der Waals surface area contributed by atoms with E-state index in [-0.39, 0.29) is 37.3 Å². The van der Waals surface area contributed by atoms with Crippen LogP contribution in [0.4, 0.5) is 0 Å². The minimum absolute atomic E-state index is 0. The molecule has 2 heterocycles. The molecule has 1 aromatic heterocycles. The van der Waals surface area contributed by atoms with Crippen LogP contribution in [0.25, 0.3) is 0 Å². The molecule has 4 nitrogen and oxygen atoms in total. The lowest BCUT2D eigenvalue weighted by molar-refractivity contribution is -0.119. The van der Waals surface area contributed by atoms with Crippen molar-refractivity contribution >= 4 is 42.1 Å². The Labute approximate surface area is 130 Å².